The molecule has 1 saturated carbocycles. The van der Waals surface area contributed by atoms with Crippen molar-refractivity contribution in [3.63, 3.8) is 0 Å². The van der Waals surface area contributed by atoms with Gasteiger partial charge in [0.05, 0.1) is 11.2 Å². The summed E-state index contributed by atoms with van der Waals surface area (Å²) in [6.45, 7) is 8.69. The zero-order chi connectivity index (χ0) is 29.9. The van der Waals surface area contributed by atoms with Gasteiger partial charge in [-0.1, -0.05) is 16.5 Å². The van der Waals surface area contributed by atoms with E-state index in [4.69, 9.17) is 19.2 Å². The van der Waals surface area contributed by atoms with Gasteiger partial charge in [0.2, 0.25) is 17.6 Å². The topological polar surface area (TPSA) is 174 Å². The van der Waals surface area contributed by atoms with Gasteiger partial charge in [0, 0.05) is 36.9 Å². The number of benzene rings is 1. The molecule has 1 amide bonds. The minimum atomic E-state index is -0.605. The van der Waals surface area contributed by atoms with Crippen LogP contribution in [0.15, 0.2) is 29.0 Å². The number of hydrogen-bond acceptors (Lipinski definition) is 12. The molecule has 1 aromatic carbocycles. The molecule has 13 nitrogen and oxygen atoms in total. The Morgan fingerprint density at radius 3 is 2.54 bits per heavy atom. The number of fused-ring (bicyclic) bond motifs is 1. The zero-order valence-electron chi connectivity index (χ0n) is 23.5. The van der Waals surface area contributed by atoms with E-state index in [-0.39, 0.29) is 24.3 Å². The number of esters is 1. The monoisotopic (exact) mass is 581 g/mol. The van der Waals surface area contributed by atoms with E-state index in [1.165, 1.54) is 22.6 Å². The first-order valence-electron chi connectivity index (χ1n) is 12.8. The van der Waals surface area contributed by atoms with Crippen molar-refractivity contribution in [2.45, 2.75) is 59.1 Å². The predicted molar refractivity (Wildman–Crippen MR) is 152 cm³/mol. The Balaban J connectivity index is 0.00000124. The van der Waals surface area contributed by atoms with Gasteiger partial charge in [0.1, 0.15) is 22.6 Å². The number of aryl methyl sites for hydroxylation is 2. The lowest BCUT2D eigenvalue weighted by atomic mass is 9.79. The Morgan fingerprint density at radius 1 is 1.20 bits per heavy atom. The van der Waals surface area contributed by atoms with Crippen molar-refractivity contribution in [2.75, 3.05) is 17.3 Å². The first-order chi connectivity index (χ1) is 19.4. The Morgan fingerprint density at radius 2 is 1.90 bits per heavy atom. The van der Waals surface area contributed by atoms with E-state index >= 15 is 0 Å². The molecule has 1 aliphatic rings. The first-order valence-corrected chi connectivity index (χ1v) is 13.6. The number of nitrogens with zero attached hydrogens (tertiary/aromatic N) is 6. The average molecular weight is 582 g/mol. The molecule has 0 unspecified atom stereocenters. The lowest BCUT2D eigenvalue weighted by Gasteiger charge is -2.36. The summed E-state index contributed by atoms with van der Waals surface area (Å²) in [5.41, 5.74) is 1.54. The molecular weight excluding hydrogens is 550 g/mol. The maximum absolute atomic E-state index is 13.2. The molecule has 5 rings (SSSR count). The molecule has 0 saturated heterocycles. The maximum atomic E-state index is 13.2. The third-order valence-electron chi connectivity index (χ3n) is 6.24. The van der Waals surface area contributed by atoms with Crippen molar-refractivity contribution in [1.82, 2.24) is 25.1 Å². The molecule has 0 bridgehead atoms. The molecule has 3 heterocycles. The fraction of sp³-hybridized carbons (Fsp3) is 0.407. The smallest absolute Gasteiger partial charge is 0.350 e. The van der Waals surface area contributed by atoms with E-state index < -0.39 is 11.6 Å². The van der Waals surface area contributed by atoms with Crippen molar-refractivity contribution in [2.24, 2.45) is 5.92 Å². The highest BCUT2D eigenvalue weighted by Crippen LogP contribution is 2.36. The third kappa shape index (κ3) is 6.82. The van der Waals surface area contributed by atoms with Crippen molar-refractivity contribution >= 4 is 51.5 Å². The summed E-state index contributed by atoms with van der Waals surface area (Å²) >= 11 is 1.17. The maximum Gasteiger partial charge on any atom is 0.350 e. The molecule has 14 heteroatoms. The van der Waals surface area contributed by atoms with Gasteiger partial charge in [-0.2, -0.15) is 4.98 Å². The number of amides is 1. The van der Waals surface area contributed by atoms with Crippen LogP contribution in [-0.4, -0.2) is 67.2 Å². The molecule has 1 fully saturated rings. The van der Waals surface area contributed by atoms with Gasteiger partial charge in [-0.3, -0.25) is 14.5 Å². The molecule has 1 aliphatic carbocycles. The van der Waals surface area contributed by atoms with Crippen LogP contribution in [0.2, 0.25) is 0 Å². The molecule has 2 N–H and O–H groups in total. The number of thiazole rings is 1. The number of carbonyl (C=O) groups is 3. The molecule has 0 radical (unpaired) electrons. The molecule has 216 valence electrons. The second-order valence-electron chi connectivity index (χ2n) is 10.5. The molecule has 41 heavy (non-hydrogen) atoms. The lowest BCUT2D eigenvalue weighted by Crippen LogP contribution is -2.45. The van der Waals surface area contributed by atoms with Crippen LogP contribution in [0.3, 0.4) is 0 Å². The summed E-state index contributed by atoms with van der Waals surface area (Å²) in [4.78, 5) is 53.5. The van der Waals surface area contributed by atoms with Gasteiger partial charge in [0.15, 0.2) is 5.13 Å². The zero-order valence-corrected chi connectivity index (χ0v) is 24.4. The Kier molecular flexibility index (Phi) is 8.61. The number of aromatic nitrogens is 5. The number of nitrogens with one attached hydrogen (secondary N) is 1. The number of carbonyl (C=O) groups excluding carboxylic acids is 2. The van der Waals surface area contributed by atoms with Crippen LogP contribution >= 0.6 is 11.3 Å². The number of hydrogen-bond donors (Lipinski definition) is 2. The molecule has 0 atom stereocenters. The molecule has 0 spiro atoms. The Labute approximate surface area is 240 Å². The summed E-state index contributed by atoms with van der Waals surface area (Å²) in [6.07, 6.45) is 2.83. The molecule has 3 aromatic heterocycles. The van der Waals surface area contributed by atoms with E-state index in [2.05, 4.69) is 30.4 Å². The fourth-order valence-electron chi connectivity index (χ4n) is 4.27. The Bertz CT molecular complexity index is 1570. The second-order valence-corrected chi connectivity index (χ2v) is 11.5. The molecule has 4 aromatic rings. The number of anilines is 2. The predicted octanol–water partition coefficient (Wildman–Crippen LogP) is 4.26. The quantitative estimate of drug-likeness (QED) is 0.245. The molecule has 0 aliphatic heterocycles. The van der Waals surface area contributed by atoms with E-state index in [9.17, 15) is 9.59 Å². The SMILES string of the molecule is Cc1nc(-c2ccc3ncnc(NC4CC(C(=O)N(C)c5nc(C)c(C(=O)OC(C)(C)C)s5)C4)c3c2)no1.O=CO. The number of carboxylic acid groups (broad SMARTS) is 1. The summed E-state index contributed by atoms with van der Waals surface area (Å²) in [5, 5.41) is 15.7. The van der Waals surface area contributed by atoms with Crippen LogP contribution < -0.4 is 10.2 Å². The lowest BCUT2D eigenvalue weighted by molar-refractivity contribution is -0.125. The summed E-state index contributed by atoms with van der Waals surface area (Å²) in [7, 11) is 1.69. The number of ether oxygens (including phenoxy) is 1. The highest BCUT2D eigenvalue weighted by Gasteiger charge is 2.38. The van der Waals surface area contributed by atoms with E-state index in [1.807, 2.05) is 39.0 Å². The molecular formula is C27H31N7O6S. The summed E-state index contributed by atoms with van der Waals surface area (Å²) in [6, 6.07) is 5.81. The van der Waals surface area contributed by atoms with Gasteiger partial charge in [0.25, 0.3) is 6.47 Å². The van der Waals surface area contributed by atoms with E-state index in [0.29, 0.717) is 46.1 Å². The third-order valence-corrected chi connectivity index (χ3v) is 7.45. The average Bonchev–Trinajstić information content (AvgIpc) is 3.50. The van der Waals surface area contributed by atoms with Crippen molar-refractivity contribution in [3.8, 4) is 11.4 Å². The van der Waals surface area contributed by atoms with Crippen LogP contribution in [0, 0.1) is 19.8 Å². The summed E-state index contributed by atoms with van der Waals surface area (Å²) in [5.74, 6) is 1.07. The van der Waals surface area contributed by atoms with Crippen LogP contribution in [0.1, 0.15) is 54.9 Å². The van der Waals surface area contributed by atoms with Crippen molar-refractivity contribution < 1.29 is 28.8 Å². The standard InChI is InChI=1S/C26H29N7O4S.CH2O2/c1-13-20(24(35)36-26(3,4)5)38-25(29-13)33(6)23(34)16-9-17(10-16)31-22-18-11-15(21-30-14(2)37-32-21)7-8-19(18)27-12-28-22;2-1-3/h7-8,11-12,16-17H,9-10H2,1-6H3,(H,27,28,31);1H,(H,2,3). The van der Waals surface area contributed by atoms with E-state index in [0.717, 1.165) is 16.5 Å². The van der Waals surface area contributed by atoms with Crippen LogP contribution in [-0.2, 0) is 14.3 Å². The fourth-order valence-corrected chi connectivity index (χ4v) is 5.18. The minimum absolute atomic E-state index is 0.0325. The van der Waals surface area contributed by atoms with Crippen molar-refractivity contribution in [1.29, 1.82) is 0 Å². The summed E-state index contributed by atoms with van der Waals surface area (Å²) < 4.78 is 10.6. The largest absolute Gasteiger partial charge is 0.483 e. The highest BCUT2D eigenvalue weighted by molar-refractivity contribution is 7.17. The second kappa shape index (κ2) is 12.0. The van der Waals surface area contributed by atoms with Crippen molar-refractivity contribution in [3.05, 3.63) is 41.0 Å². The minimum Gasteiger partial charge on any atom is -0.483 e. The van der Waals surface area contributed by atoms with Gasteiger partial charge in [-0.25, -0.2) is 19.7 Å². The normalized spacial score (nSPS) is 16.2. The van der Waals surface area contributed by atoms with Gasteiger partial charge >= 0.3 is 5.97 Å². The van der Waals surface area contributed by atoms with Crippen LogP contribution in [0.5, 0.6) is 0 Å². The van der Waals surface area contributed by atoms with Gasteiger partial charge < -0.3 is 19.7 Å². The first kappa shape index (κ1) is 29.5. The van der Waals surface area contributed by atoms with Gasteiger partial charge in [-0.05, 0) is 58.7 Å². The van der Waals surface area contributed by atoms with Crippen LogP contribution in [0.25, 0.3) is 22.3 Å². The highest BCUT2D eigenvalue weighted by atomic mass is 32.1. The number of rotatable bonds is 6. The van der Waals surface area contributed by atoms with E-state index in [1.54, 1.807) is 20.9 Å². The van der Waals surface area contributed by atoms with Gasteiger partial charge in [-0.15, -0.1) is 0 Å². The van der Waals surface area contributed by atoms with Crippen LogP contribution in [0.4, 0.5) is 10.9 Å². The Hall–Kier alpha value is -4.46.